The van der Waals surface area contributed by atoms with Crippen molar-refractivity contribution >= 4 is 0 Å². The highest BCUT2D eigenvalue weighted by Crippen LogP contribution is 2.46. The lowest BCUT2D eigenvalue weighted by atomic mass is 9.93. The van der Waals surface area contributed by atoms with E-state index in [1.165, 1.54) is 13.3 Å². The van der Waals surface area contributed by atoms with E-state index in [0.29, 0.717) is 11.6 Å². The fraction of sp³-hybridized carbons (Fsp3) is 0.600. The summed E-state index contributed by atoms with van der Waals surface area (Å²) in [5, 5.41) is 10.4. The number of aliphatic hydroxyl groups is 1. The van der Waals surface area contributed by atoms with Crippen molar-refractivity contribution in [1.82, 2.24) is 9.97 Å². The molecule has 1 atom stereocenters. The molecular formula is C10H15N3O2. The molecule has 1 aliphatic carbocycles. The zero-order valence-electron chi connectivity index (χ0n) is 8.68. The molecule has 0 radical (unpaired) electrons. The molecule has 0 saturated heterocycles. The van der Waals surface area contributed by atoms with Gasteiger partial charge in [-0.2, -0.15) is 0 Å². The maximum absolute atomic E-state index is 10.4. The van der Waals surface area contributed by atoms with Gasteiger partial charge in [0.15, 0.2) is 0 Å². The van der Waals surface area contributed by atoms with Gasteiger partial charge in [0.05, 0.1) is 7.11 Å². The van der Waals surface area contributed by atoms with E-state index in [-0.39, 0.29) is 12.5 Å². The lowest BCUT2D eigenvalue weighted by Crippen LogP contribution is -2.38. The molecule has 0 aromatic carbocycles. The Labute approximate surface area is 88.3 Å². The van der Waals surface area contributed by atoms with E-state index in [2.05, 4.69) is 9.97 Å². The van der Waals surface area contributed by atoms with Gasteiger partial charge in [0.1, 0.15) is 11.3 Å². The molecule has 1 heterocycles. The number of hydrogen-bond donors (Lipinski definition) is 2. The molecule has 15 heavy (non-hydrogen) atoms. The molecule has 1 aromatic rings. The average molecular weight is 209 g/mol. The van der Waals surface area contributed by atoms with E-state index >= 15 is 0 Å². The van der Waals surface area contributed by atoms with Crippen LogP contribution in [-0.2, 0) is 5.60 Å². The fourth-order valence-corrected chi connectivity index (χ4v) is 1.79. The second kappa shape index (κ2) is 3.75. The van der Waals surface area contributed by atoms with Crippen LogP contribution in [0.15, 0.2) is 12.4 Å². The molecule has 0 amide bonds. The number of nitrogens with two attached hydrogens (primary N) is 1. The van der Waals surface area contributed by atoms with Crippen molar-refractivity contribution in [3.05, 3.63) is 18.1 Å². The van der Waals surface area contributed by atoms with Crippen molar-refractivity contribution in [3.63, 3.8) is 0 Å². The summed E-state index contributed by atoms with van der Waals surface area (Å²) >= 11 is 0. The van der Waals surface area contributed by atoms with E-state index in [0.717, 1.165) is 12.8 Å². The second-order valence-electron chi connectivity index (χ2n) is 3.82. The molecule has 82 valence electrons. The smallest absolute Gasteiger partial charge is 0.238 e. The van der Waals surface area contributed by atoms with Gasteiger partial charge >= 0.3 is 0 Å². The van der Waals surface area contributed by atoms with Crippen molar-refractivity contribution in [3.8, 4) is 5.88 Å². The molecule has 3 N–H and O–H groups in total. The van der Waals surface area contributed by atoms with Crippen LogP contribution in [0.4, 0.5) is 0 Å². The summed E-state index contributed by atoms with van der Waals surface area (Å²) in [5.74, 6) is 0.547. The maximum Gasteiger partial charge on any atom is 0.238 e. The first-order valence-electron chi connectivity index (χ1n) is 5.00. The molecule has 5 nitrogen and oxygen atoms in total. The van der Waals surface area contributed by atoms with Crippen LogP contribution in [0.2, 0.25) is 0 Å². The van der Waals surface area contributed by atoms with Gasteiger partial charge in [0.25, 0.3) is 0 Å². The topological polar surface area (TPSA) is 81.3 Å². The molecule has 1 fully saturated rings. The van der Waals surface area contributed by atoms with Crippen LogP contribution < -0.4 is 10.5 Å². The Morgan fingerprint density at radius 2 is 2.20 bits per heavy atom. The Bertz CT molecular complexity index is 354. The zero-order chi connectivity index (χ0) is 10.9. The minimum Gasteiger partial charge on any atom is -0.480 e. The SMILES string of the molecule is COc1nccnc1C(O)(CN)C1CC1. The van der Waals surface area contributed by atoms with E-state index in [4.69, 9.17) is 10.5 Å². The van der Waals surface area contributed by atoms with Gasteiger partial charge in [-0.25, -0.2) is 4.98 Å². The number of hydrogen-bond acceptors (Lipinski definition) is 5. The number of nitrogens with zero attached hydrogens (tertiary/aromatic N) is 2. The molecule has 1 saturated carbocycles. The van der Waals surface area contributed by atoms with Crippen molar-refractivity contribution in [2.75, 3.05) is 13.7 Å². The molecule has 0 aliphatic heterocycles. The van der Waals surface area contributed by atoms with Crippen LogP contribution in [0.1, 0.15) is 18.5 Å². The number of aromatic nitrogens is 2. The molecule has 1 aliphatic rings. The molecule has 2 rings (SSSR count). The normalized spacial score (nSPS) is 19.7. The van der Waals surface area contributed by atoms with E-state index in [1.807, 2.05) is 0 Å². The van der Waals surface area contributed by atoms with Crippen LogP contribution in [0, 0.1) is 5.92 Å². The summed E-state index contributed by atoms with van der Waals surface area (Å²) in [5.41, 5.74) is 5.00. The van der Waals surface area contributed by atoms with Crippen LogP contribution in [0.5, 0.6) is 5.88 Å². The molecule has 0 bridgehead atoms. The van der Waals surface area contributed by atoms with Crippen molar-refractivity contribution in [1.29, 1.82) is 0 Å². The van der Waals surface area contributed by atoms with Crippen LogP contribution in [-0.4, -0.2) is 28.7 Å². The number of methoxy groups -OCH3 is 1. The lowest BCUT2D eigenvalue weighted by Gasteiger charge is -2.26. The predicted octanol–water partition coefficient (Wildman–Crippen LogP) is 0.0415. The van der Waals surface area contributed by atoms with Crippen LogP contribution in [0.3, 0.4) is 0 Å². The van der Waals surface area contributed by atoms with Crippen LogP contribution >= 0.6 is 0 Å². The Kier molecular flexibility index (Phi) is 2.58. The first kappa shape index (κ1) is 10.3. The first-order chi connectivity index (χ1) is 7.22. The van der Waals surface area contributed by atoms with Gasteiger partial charge in [-0.1, -0.05) is 0 Å². The van der Waals surface area contributed by atoms with Crippen molar-refractivity contribution in [2.24, 2.45) is 11.7 Å². The molecule has 1 unspecified atom stereocenters. The first-order valence-corrected chi connectivity index (χ1v) is 5.00. The fourth-order valence-electron chi connectivity index (χ4n) is 1.79. The second-order valence-corrected chi connectivity index (χ2v) is 3.82. The van der Waals surface area contributed by atoms with Crippen molar-refractivity contribution < 1.29 is 9.84 Å². The summed E-state index contributed by atoms with van der Waals surface area (Å²) in [4.78, 5) is 8.16. The van der Waals surface area contributed by atoms with E-state index in [1.54, 1.807) is 6.20 Å². The van der Waals surface area contributed by atoms with Crippen molar-refractivity contribution in [2.45, 2.75) is 18.4 Å². The highest BCUT2D eigenvalue weighted by Gasteiger charge is 2.47. The Morgan fingerprint density at radius 3 is 2.73 bits per heavy atom. The summed E-state index contributed by atoms with van der Waals surface area (Å²) in [6.45, 7) is 0.146. The average Bonchev–Trinajstić information content (AvgIpc) is 3.12. The minimum atomic E-state index is -1.08. The third-order valence-electron chi connectivity index (χ3n) is 2.83. The lowest BCUT2D eigenvalue weighted by molar-refractivity contribution is 0.0148. The number of ether oxygens (including phenoxy) is 1. The predicted molar refractivity (Wildman–Crippen MR) is 54.3 cm³/mol. The van der Waals surface area contributed by atoms with Gasteiger partial charge in [-0.15, -0.1) is 0 Å². The van der Waals surface area contributed by atoms with E-state index in [9.17, 15) is 5.11 Å². The summed E-state index contributed by atoms with van der Waals surface area (Å²) < 4.78 is 5.08. The maximum atomic E-state index is 10.4. The van der Waals surface area contributed by atoms with Gasteiger partial charge in [-0.05, 0) is 18.8 Å². The monoisotopic (exact) mass is 209 g/mol. The highest BCUT2D eigenvalue weighted by molar-refractivity contribution is 5.27. The minimum absolute atomic E-state index is 0.146. The summed E-state index contributed by atoms with van der Waals surface area (Å²) in [6.07, 6.45) is 5.04. The molecular weight excluding hydrogens is 194 g/mol. The third kappa shape index (κ3) is 1.68. The van der Waals surface area contributed by atoms with Gasteiger partial charge < -0.3 is 15.6 Å². The van der Waals surface area contributed by atoms with E-state index < -0.39 is 5.60 Å². The largest absolute Gasteiger partial charge is 0.480 e. The highest BCUT2D eigenvalue weighted by atomic mass is 16.5. The van der Waals surface area contributed by atoms with Gasteiger partial charge in [-0.3, -0.25) is 4.98 Å². The van der Waals surface area contributed by atoms with Gasteiger partial charge in [0.2, 0.25) is 5.88 Å². The Morgan fingerprint density at radius 1 is 1.53 bits per heavy atom. The van der Waals surface area contributed by atoms with Crippen LogP contribution in [0.25, 0.3) is 0 Å². The summed E-state index contributed by atoms with van der Waals surface area (Å²) in [6, 6.07) is 0. The zero-order valence-corrected chi connectivity index (χ0v) is 8.68. The Balaban J connectivity index is 2.41. The quantitative estimate of drug-likeness (QED) is 0.731. The number of rotatable bonds is 4. The molecule has 1 aromatic heterocycles. The molecule has 5 heteroatoms. The standard InChI is InChI=1S/C10H15N3O2/c1-15-9-8(12-4-5-13-9)10(14,6-11)7-2-3-7/h4-5,7,14H,2-3,6,11H2,1H3. The summed E-state index contributed by atoms with van der Waals surface area (Å²) in [7, 11) is 1.51. The molecule has 0 spiro atoms. The Hall–Kier alpha value is -1.20. The van der Waals surface area contributed by atoms with Gasteiger partial charge in [0, 0.05) is 18.9 Å². The third-order valence-corrected chi connectivity index (χ3v) is 2.83.